The number of halogens is 1. The van der Waals surface area contributed by atoms with Crippen LogP contribution in [0, 0.1) is 0 Å². The number of rotatable bonds is 9. The van der Waals surface area contributed by atoms with Crippen LogP contribution in [-0.4, -0.2) is 34.6 Å². The van der Waals surface area contributed by atoms with Crippen LogP contribution in [0.5, 0.6) is 5.75 Å². The highest BCUT2D eigenvalue weighted by molar-refractivity contribution is 7.89. The van der Waals surface area contributed by atoms with E-state index in [2.05, 4.69) is 4.72 Å². The summed E-state index contributed by atoms with van der Waals surface area (Å²) in [5, 5.41) is 0. The van der Waals surface area contributed by atoms with Gasteiger partial charge in [0.25, 0.3) is 5.91 Å². The van der Waals surface area contributed by atoms with Crippen molar-refractivity contribution >= 4 is 38.9 Å². The lowest BCUT2D eigenvalue weighted by atomic mass is 10.3. The molecule has 0 fully saturated rings. The molecule has 1 unspecified atom stereocenters. The van der Waals surface area contributed by atoms with Crippen LogP contribution in [0.4, 0.5) is 0 Å². The predicted octanol–water partition coefficient (Wildman–Crippen LogP) is 1.93. The van der Waals surface area contributed by atoms with Crippen LogP contribution in [0.15, 0.2) is 41.3 Å². The van der Waals surface area contributed by atoms with Crippen LogP contribution in [-0.2, 0) is 19.6 Å². The molecule has 2 rings (SSSR count). The lowest BCUT2D eigenvalue weighted by Crippen LogP contribution is -2.29. The van der Waals surface area contributed by atoms with Gasteiger partial charge >= 0.3 is 0 Å². The summed E-state index contributed by atoms with van der Waals surface area (Å²) in [6.07, 6.45) is -0.439. The minimum atomic E-state index is -3.72. The van der Waals surface area contributed by atoms with E-state index < -0.39 is 22.0 Å². The zero-order chi connectivity index (χ0) is 18.4. The van der Waals surface area contributed by atoms with Gasteiger partial charge in [-0.2, -0.15) is 0 Å². The standard InChI is InChI=1S/C15H17ClN2O5S2/c1-22-12(13-6-7-14(16)24-13)8-18-25(20,21)11-4-2-10(3-5-11)23-9-15(17)19/h2-7,12,18H,8-9H2,1H3,(H2,17,19). The first-order chi connectivity index (χ1) is 11.8. The van der Waals surface area contributed by atoms with Crippen molar-refractivity contribution in [3.63, 3.8) is 0 Å². The molecule has 0 aliphatic heterocycles. The highest BCUT2D eigenvalue weighted by Gasteiger charge is 2.19. The summed E-state index contributed by atoms with van der Waals surface area (Å²) >= 11 is 7.22. The Hall–Kier alpha value is -1.65. The van der Waals surface area contributed by atoms with E-state index in [1.165, 1.54) is 42.7 Å². The summed E-state index contributed by atoms with van der Waals surface area (Å²) in [7, 11) is -2.22. The van der Waals surface area contributed by atoms with E-state index in [1.807, 2.05) is 0 Å². The minimum absolute atomic E-state index is 0.0651. The van der Waals surface area contributed by atoms with Crippen LogP contribution < -0.4 is 15.2 Å². The van der Waals surface area contributed by atoms with Crippen molar-refractivity contribution in [3.8, 4) is 5.75 Å². The molecule has 25 heavy (non-hydrogen) atoms. The van der Waals surface area contributed by atoms with Crippen LogP contribution in [0.3, 0.4) is 0 Å². The monoisotopic (exact) mass is 404 g/mol. The Bertz CT molecular complexity index is 821. The van der Waals surface area contributed by atoms with Gasteiger partial charge in [0.2, 0.25) is 10.0 Å². The lowest BCUT2D eigenvalue weighted by Gasteiger charge is -2.15. The third-order valence-electron chi connectivity index (χ3n) is 3.17. The average Bonchev–Trinajstić information content (AvgIpc) is 3.00. The van der Waals surface area contributed by atoms with E-state index in [4.69, 9.17) is 26.8 Å². The van der Waals surface area contributed by atoms with E-state index in [-0.39, 0.29) is 18.0 Å². The summed E-state index contributed by atoms with van der Waals surface area (Å²) in [5.41, 5.74) is 4.98. The number of methoxy groups -OCH3 is 1. The minimum Gasteiger partial charge on any atom is -0.484 e. The van der Waals surface area contributed by atoms with Crippen molar-refractivity contribution in [2.24, 2.45) is 5.73 Å². The number of benzene rings is 1. The number of hydrogen-bond donors (Lipinski definition) is 2. The van der Waals surface area contributed by atoms with Gasteiger partial charge in [0, 0.05) is 18.5 Å². The summed E-state index contributed by atoms with van der Waals surface area (Å²) < 4.78 is 38.2. The molecule has 1 atom stereocenters. The number of nitrogens with two attached hydrogens (primary N) is 1. The van der Waals surface area contributed by atoms with Crippen molar-refractivity contribution in [1.82, 2.24) is 4.72 Å². The number of carbonyl (C=O) groups is 1. The van der Waals surface area contributed by atoms with Gasteiger partial charge in [-0.3, -0.25) is 4.79 Å². The fourth-order valence-corrected chi connectivity index (χ4v) is 4.11. The number of ether oxygens (including phenoxy) is 2. The van der Waals surface area contributed by atoms with E-state index in [1.54, 1.807) is 12.1 Å². The first kappa shape index (κ1) is 19.7. The normalized spacial score (nSPS) is 12.7. The molecule has 0 radical (unpaired) electrons. The van der Waals surface area contributed by atoms with Crippen LogP contribution in [0.1, 0.15) is 11.0 Å². The number of amides is 1. The maximum absolute atomic E-state index is 12.4. The molecule has 0 saturated carbocycles. The zero-order valence-corrected chi connectivity index (χ0v) is 15.7. The largest absolute Gasteiger partial charge is 0.484 e. The van der Waals surface area contributed by atoms with Gasteiger partial charge in [0.1, 0.15) is 11.9 Å². The number of sulfonamides is 1. The number of carbonyl (C=O) groups excluding carboxylic acids is 1. The Labute approximate surface area is 154 Å². The van der Waals surface area contributed by atoms with Gasteiger partial charge in [-0.1, -0.05) is 11.6 Å². The first-order valence-electron chi connectivity index (χ1n) is 7.10. The van der Waals surface area contributed by atoms with Crippen LogP contribution in [0.25, 0.3) is 0 Å². The molecular formula is C15H17ClN2O5S2. The van der Waals surface area contributed by atoms with E-state index in [0.717, 1.165) is 4.88 Å². The van der Waals surface area contributed by atoms with Gasteiger partial charge in [-0.25, -0.2) is 13.1 Å². The van der Waals surface area contributed by atoms with Gasteiger partial charge in [-0.05, 0) is 36.4 Å². The SMILES string of the molecule is COC(CNS(=O)(=O)c1ccc(OCC(N)=O)cc1)c1ccc(Cl)s1. The van der Waals surface area contributed by atoms with E-state index in [0.29, 0.717) is 10.1 Å². The van der Waals surface area contributed by atoms with Crippen LogP contribution in [0.2, 0.25) is 4.34 Å². The Morgan fingerprint density at radius 2 is 1.96 bits per heavy atom. The lowest BCUT2D eigenvalue weighted by molar-refractivity contribution is -0.119. The van der Waals surface area contributed by atoms with Crippen molar-refractivity contribution in [1.29, 1.82) is 0 Å². The topological polar surface area (TPSA) is 108 Å². The molecule has 0 saturated heterocycles. The zero-order valence-electron chi connectivity index (χ0n) is 13.3. The smallest absolute Gasteiger partial charge is 0.255 e. The third kappa shape index (κ3) is 5.68. The Morgan fingerprint density at radius 3 is 2.48 bits per heavy atom. The molecule has 10 heteroatoms. The summed E-state index contributed by atoms with van der Waals surface area (Å²) in [6, 6.07) is 9.17. The van der Waals surface area contributed by atoms with E-state index in [9.17, 15) is 13.2 Å². The molecule has 0 bridgehead atoms. The molecule has 1 amide bonds. The highest BCUT2D eigenvalue weighted by Crippen LogP contribution is 2.28. The quantitative estimate of drug-likeness (QED) is 0.663. The van der Waals surface area contributed by atoms with Gasteiger partial charge in [0.05, 0.1) is 9.23 Å². The Balaban J connectivity index is 2.01. The molecule has 2 aromatic rings. The molecule has 3 N–H and O–H groups in total. The number of nitrogens with one attached hydrogen (secondary N) is 1. The van der Waals surface area contributed by atoms with Crippen molar-refractivity contribution in [2.75, 3.05) is 20.3 Å². The molecule has 1 aromatic heterocycles. The van der Waals surface area contributed by atoms with Crippen molar-refractivity contribution in [2.45, 2.75) is 11.0 Å². The molecule has 7 nitrogen and oxygen atoms in total. The number of thiophene rings is 1. The van der Waals surface area contributed by atoms with Crippen molar-refractivity contribution < 1.29 is 22.7 Å². The highest BCUT2D eigenvalue weighted by atomic mass is 35.5. The molecule has 0 aliphatic rings. The number of hydrogen-bond acceptors (Lipinski definition) is 6. The van der Waals surface area contributed by atoms with Crippen LogP contribution >= 0.6 is 22.9 Å². The third-order valence-corrected chi connectivity index (χ3v) is 5.93. The average molecular weight is 405 g/mol. The molecular weight excluding hydrogens is 388 g/mol. The second kappa shape index (κ2) is 8.63. The molecule has 1 heterocycles. The molecule has 1 aromatic carbocycles. The predicted molar refractivity (Wildman–Crippen MR) is 95.4 cm³/mol. The van der Waals surface area contributed by atoms with E-state index >= 15 is 0 Å². The summed E-state index contributed by atoms with van der Waals surface area (Å²) in [6.45, 7) is -0.209. The second-order valence-electron chi connectivity index (χ2n) is 4.94. The maximum atomic E-state index is 12.4. The Kier molecular flexibility index (Phi) is 6.79. The van der Waals surface area contributed by atoms with Gasteiger partial charge < -0.3 is 15.2 Å². The summed E-state index contributed by atoms with van der Waals surface area (Å²) in [5.74, 6) is -0.265. The maximum Gasteiger partial charge on any atom is 0.255 e. The molecule has 0 spiro atoms. The molecule has 0 aliphatic carbocycles. The number of primary amides is 1. The fraction of sp³-hybridized carbons (Fsp3) is 0.267. The fourth-order valence-electron chi connectivity index (χ4n) is 1.94. The van der Waals surface area contributed by atoms with Gasteiger partial charge in [0.15, 0.2) is 6.61 Å². The van der Waals surface area contributed by atoms with Gasteiger partial charge in [-0.15, -0.1) is 11.3 Å². The molecule has 136 valence electrons. The summed E-state index contributed by atoms with van der Waals surface area (Å²) in [4.78, 5) is 11.6. The van der Waals surface area contributed by atoms with Crippen molar-refractivity contribution in [3.05, 3.63) is 45.6 Å². The second-order valence-corrected chi connectivity index (χ2v) is 8.46. The Morgan fingerprint density at radius 1 is 1.28 bits per heavy atom. The first-order valence-corrected chi connectivity index (χ1v) is 9.78.